The molecule has 0 aliphatic carbocycles. The van der Waals surface area contributed by atoms with Gasteiger partial charge in [0.25, 0.3) is 5.91 Å². The molecule has 5 heteroatoms. The number of aryl methyl sites for hydroxylation is 3. The summed E-state index contributed by atoms with van der Waals surface area (Å²) < 4.78 is 0. The minimum atomic E-state index is -0.129. The molecule has 1 fully saturated rings. The van der Waals surface area contributed by atoms with E-state index in [0.717, 1.165) is 16.8 Å². The number of nitrogens with zero attached hydrogens (tertiary/aromatic N) is 1. The molecule has 1 amide bonds. The van der Waals surface area contributed by atoms with Gasteiger partial charge in [-0.1, -0.05) is 35.9 Å². The average molecular weight is 357 g/mol. The van der Waals surface area contributed by atoms with Crippen molar-refractivity contribution < 1.29 is 4.79 Å². The van der Waals surface area contributed by atoms with Gasteiger partial charge in [-0.3, -0.25) is 4.79 Å². The largest absolute Gasteiger partial charge is 0.300 e. The molecule has 24 heavy (non-hydrogen) atoms. The summed E-state index contributed by atoms with van der Waals surface area (Å²) in [4.78, 5) is 17.2. The van der Waals surface area contributed by atoms with Gasteiger partial charge in [0.15, 0.2) is 5.17 Å². The molecule has 0 atom stereocenters. The molecular formula is C19H17ClN2OS. The van der Waals surface area contributed by atoms with Crippen molar-refractivity contribution in [3.05, 3.63) is 68.6 Å². The first-order valence-electron chi connectivity index (χ1n) is 7.55. The summed E-state index contributed by atoms with van der Waals surface area (Å²) in [6.45, 7) is 6.07. The molecule has 2 aromatic carbocycles. The summed E-state index contributed by atoms with van der Waals surface area (Å²) in [6, 6.07) is 11.7. The number of thioether (sulfide) groups is 1. The van der Waals surface area contributed by atoms with E-state index < -0.39 is 0 Å². The van der Waals surface area contributed by atoms with Crippen LogP contribution in [0.2, 0.25) is 5.02 Å². The van der Waals surface area contributed by atoms with Crippen LogP contribution in [0.1, 0.15) is 22.3 Å². The van der Waals surface area contributed by atoms with E-state index in [4.69, 9.17) is 11.6 Å². The normalized spacial score (nSPS) is 17.6. The minimum Gasteiger partial charge on any atom is -0.300 e. The van der Waals surface area contributed by atoms with Gasteiger partial charge in [0.2, 0.25) is 0 Å². The van der Waals surface area contributed by atoms with E-state index in [1.54, 1.807) is 6.07 Å². The van der Waals surface area contributed by atoms with Crippen LogP contribution in [-0.4, -0.2) is 11.1 Å². The lowest BCUT2D eigenvalue weighted by Crippen LogP contribution is -2.19. The molecule has 3 nitrogen and oxygen atoms in total. The molecule has 1 aliphatic heterocycles. The van der Waals surface area contributed by atoms with Crippen molar-refractivity contribution >= 4 is 46.2 Å². The third kappa shape index (κ3) is 3.71. The molecule has 0 aromatic heterocycles. The Kier molecular flexibility index (Phi) is 4.78. The topological polar surface area (TPSA) is 41.5 Å². The molecule has 0 bridgehead atoms. The van der Waals surface area contributed by atoms with Crippen LogP contribution in [-0.2, 0) is 4.79 Å². The van der Waals surface area contributed by atoms with E-state index >= 15 is 0 Å². The summed E-state index contributed by atoms with van der Waals surface area (Å²) in [5.74, 6) is -0.129. The Morgan fingerprint density at radius 2 is 1.79 bits per heavy atom. The van der Waals surface area contributed by atoms with Crippen LogP contribution in [0.4, 0.5) is 5.69 Å². The van der Waals surface area contributed by atoms with Crippen molar-refractivity contribution in [1.82, 2.24) is 5.32 Å². The lowest BCUT2D eigenvalue weighted by molar-refractivity contribution is -0.115. The van der Waals surface area contributed by atoms with Crippen LogP contribution in [0.25, 0.3) is 6.08 Å². The van der Waals surface area contributed by atoms with Crippen LogP contribution in [0.15, 0.2) is 46.3 Å². The number of nitrogens with one attached hydrogen (secondary N) is 1. The smallest absolute Gasteiger partial charge is 0.264 e. The number of hydrogen-bond acceptors (Lipinski definition) is 3. The van der Waals surface area contributed by atoms with E-state index in [-0.39, 0.29) is 5.91 Å². The van der Waals surface area contributed by atoms with E-state index in [1.165, 1.54) is 22.9 Å². The number of benzene rings is 2. The maximum Gasteiger partial charge on any atom is 0.264 e. The van der Waals surface area contributed by atoms with Crippen molar-refractivity contribution in [2.24, 2.45) is 4.99 Å². The van der Waals surface area contributed by atoms with E-state index in [9.17, 15) is 4.79 Å². The summed E-state index contributed by atoms with van der Waals surface area (Å²) >= 11 is 7.45. The molecule has 0 saturated carbocycles. The molecular weight excluding hydrogens is 340 g/mol. The third-order valence-electron chi connectivity index (χ3n) is 3.87. The first kappa shape index (κ1) is 16.8. The monoisotopic (exact) mass is 356 g/mol. The summed E-state index contributed by atoms with van der Waals surface area (Å²) in [5.41, 5.74) is 5.17. The van der Waals surface area contributed by atoms with Crippen molar-refractivity contribution in [2.75, 3.05) is 0 Å². The molecule has 1 aliphatic rings. The first-order valence-corrected chi connectivity index (χ1v) is 8.75. The highest BCUT2D eigenvalue weighted by Gasteiger charge is 2.23. The van der Waals surface area contributed by atoms with Gasteiger partial charge in [-0.05, 0) is 73.0 Å². The van der Waals surface area contributed by atoms with Crippen molar-refractivity contribution in [3.8, 4) is 0 Å². The molecule has 1 N–H and O–H groups in total. The predicted molar refractivity (Wildman–Crippen MR) is 103 cm³/mol. The van der Waals surface area contributed by atoms with Gasteiger partial charge in [-0.2, -0.15) is 0 Å². The van der Waals surface area contributed by atoms with Crippen LogP contribution in [0.3, 0.4) is 0 Å². The van der Waals surface area contributed by atoms with E-state index in [1.807, 2.05) is 31.2 Å². The Morgan fingerprint density at radius 3 is 2.50 bits per heavy atom. The fourth-order valence-electron chi connectivity index (χ4n) is 2.25. The zero-order valence-corrected chi connectivity index (χ0v) is 15.3. The second kappa shape index (κ2) is 6.83. The summed E-state index contributed by atoms with van der Waals surface area (Å²) in [5, 5.41) is 4.02. The Bertz CT molecular complexity index is 887. The Hall–Kier alpha value is -2.04. The molecule has 1 saturated heterocycles. The number of rotatable bonds is 2. The molecule has 0 radical (unpaired) electrons. The van der Waals surface area contributed by atoms with Crippen molar-refractivity contribution in [2.45, 2.75) is 20.8 Å². The molecule has 2 aromatic rings. The number of carbonyl (C=O) groups excluding carboxylic acids is 1. The van der Waals surface area contributed by atoms with Gasteiger partial charge in [0.05, 0.1) is 10.6 Å². The zero-order chi connectivity index (χ0) is 17.3. The number of aliphatic imine (C=N–C) groups is 1. The molecule has 0 unspecified atom stereocenters. The summed E-state index contributed by atoms with van der Waals surface area (Å²) in [6.07, 6.45) is 1.89. The van der Waals surface area contributed by atoms with Gasteiger partial charge >= 0.3 is 0 Å². The number of carbonyl (C=O) groups is 1. The third-order valence-corrected chi connectivity index (χ3v) is 5.18. The van der Waals surface area contributed by atoms with Gasteiger partial charge in [0.1, 0.15) is 0 Å². The predicted octanol–water partition coefficient (Wildman–Crippen LogP) is 5.16. The Balaban J connectivity index is 1.84. The number of hydrogen-bond donors (Lipinski definition) is 1. The van der Waals surface area contributed by atoms with Crippen LogP contribution in [0, 0.1) is 20.8 Å². The summed E-state index contributed by atoms with van der Waals surface area (Å²) in [7, 11) is 0. The quantitative estimate of drug-likeness (QED) is 0.755. The SMILES string of the molecule is Cc1ccc(/C=C2/SC(=Nc3ccc(C)c(Cl)c3)NC2=O)cc1C. The van der Waals surface area contributed by atoms with Crippen LogP contribution < -0.4 is 5.32 Å². The molecule has 0 spiro atoms. The zero-order valence-electron chi connectivity index (χ0n) is 13.7. The van der Waals surface area contributed by atoms with Crippen LogP contribution >= 0.6 is 23.4 Å². The lowest BCUT2D eigenvalue weighted by atomic mass is 10.1. The van der Waals surface area contributed by atoms with Gasteiger partial charge in [-0.15, -0.1) is 0 Å². The highest BCUT2D eigenvalue weighted by atomic mass is 35.5. The van der Waals surface area contributed by atoms with E-state index in [2.05, 4.69) is 36.3 Å². The molecule has 1 heterocycles. The maximum atomic E-state index is 12.1. The van der Waals surface area contributed by atoms with Crippen molar-refractivity contribution in [3.63, 3.8) is 0 Å². The average Bonchev–Trinajstić information content (AvgIpc) is 2.86. The van der Waals surface area contributed by atoms with Gasteiger partial charge < -0.3 is 5.32 Å². The number of amides is 1. The lowest BCUT2D eigenvalue weighted by Gasteiger charge is -2.01. The van der Waals surface area contributed by atoms with Crippen molar-refractivity contribution in [1.29, 1.82) is 0 Å². The number of amidine groups is 1. The highest BCUT2D eigenvalue weighted by Crippen LogP contribution is 2.29. The standard InChI is InChI=1S/C19H17ClN2OS/c1-11-4-6-14(8-13(11)3)9-17-18(23)22-19(24-17)21-15-7-5-12(2)16(20)10-15/h4-10H,1-3H3,(H,21,22,23)/b17-9+. The fourth-order valence-corrected chi connectivity index (χ4v) is 3.27. The second-order valence-corrected chi connectivity index (χ2v) is 7.20. The second-order valence-electron chi connectivity index (χ2n) is 5.76. The minimum absolute atomic E-state index is 0.129. The van der Waals surface area contributed by atoms with Gasteiger partial charge in [0, 0.05) is 5.02 Å². The molecule has 122 valence electrons. The molecule has 3 rings (SSSR count). The maximum absolute atomic E-state index is 12.1. The first-order chi connectivity index (χ1) is 11.4. The fraction of sp³-hybridized carbons (Fsp3) is 0.158. The highest BCUT2D eigenvalue weighted by molar-refractivity contribution is 8.18. The Labute approximate surface area is 150 Å². The van der Waals surface area contributed by atoms with Gasteiger partial charge in [-0.25, -0.2) is 4.99 Å². The number of halogens is 1. The van der Waals surface area contributed by atoms with E-state index in [0.29, 0.717) is 15.1 Å². The van der Waals surface area contributed by atoms with Crippen LogP contribution in [0.5, 0.6) is 0 Å². The Morgan fingerprint density at radius 1 is 1.04 bits per heavy atom.